The molecule has 1 unspecified atom stereocenters. The molecule has 5 nitrogen and oxygen atoms in total. The number of hydrogen-bond acceptors (Lipinski definition) is 4. The van der Waals surface area contributed by atoms with Crippen LogP contribution in [-0.2, 0) is 7.05 Å². The Morgan fingerprint density at radius 1 is 1.38 bits per heavy atom. The number of nitrogens with zero attached hydrogens (tertiary/aromatic N) is 3. The first-order chi connectivity index (χ1) is 7.72. The number of pyridine rings is 1. The van der Waals surface area contributed by atoms with Crippen molar-refractivity contribution >= 4 is 0 Å². The highest BCUT2D eigenvalue weighted by molar-refractivity contribution is 5.25. The number of aryl methyl sites for hydroxylation is 2. The van der Waals surface area contributed by atoms with Gasteiger partial charge in [0.25, 0.3) is 0 Å². The number of imidazole rings is 1. The van der Waals surface area contributed by atoms with Crippen LogP contribution in [0, 0.1) is 6.92 Å². The van der Waals surface area contributed by atoms with Crippen LogP contribution in [0.2, 0.25) is 0 Å². The molecular weight excluding hydrogens is 202 g/mol. The second kappa shape index (κ2) is 4.42. The van der Waals surface area contributed by atoms with Crippen LogP contribution >= 0.6 is 0 Å². The van der Waals surface area contributed by atoms with Crippen LogP contribution in [0.15, 0.2) is 30.9 Å². The van der Waals surface area contributed by atoms with Gasteiger partial charge < -0.3 is 4.57 Å². The summed E-state index contributed by atoms with van der Waals surface area (Å²) in [7, 11) is 1.94. The van der Waals surface area contributed by atoms with Crippen molar-refractivity contribution in [3.63, 3.8) is 0 Å². The fraction of sp³-hybridized carbons (Fsp3) is 0.273. The molecule has 0 aliphatic carbocycles. The van der Waals surface area contributed by atoms with Crippen LogP contribution in [-0.4, -0.2) is 14.5 Å². The van der Waals surface area contributed by atoms with E-state index in [1.807, 2.05) is 36.9 Å². The second-order valence-corrected chi connectivity index (χ2v) is 3.76. The van der Waals surface area contributed by atoms with E-state index in [0.717, 1.165) is 17.0 Å². The zero-order valence-electron chi connectivity index (χ0n) is 9.38. The molecule has 0 radical (unpaired) electrons. The second-order valence-electron chi connectivity index (χ2n) is 3.76. The van der Waals surface area contributed by atoms with Gasteiger partial charge in [-0.1, -0.05) is 6.07 Å². The average Bonchev–Trinajstić information content (AvgIpc) is 2.69. The molecule has 0 aliphatic rings. The van der Waals surface area contributed by atoms with Gasteiger partial charge in [0.15, 0.2) is 0 Å². The third kappa shape index (κ3) is 1.95. The molecule has 2 aromatic heterocycles. The normalized spacial score (nSPS) is 12.7. The van der Waals surface area contributed by atoms with E-state index in [2.05, 4.69) is 15.4 Å². The Labute approximate surface area is 94.3 Å². The molecule has 0 aromatic carbocycles. The van der Waals surface area contributed by atoms with Gasteiger partial charge in [0, 0.05) is 18.9 Å². The fourth-order valence-electron chi connectivity index (χ4n) is 1.65. The summed E-state index contributed by atoms with van der Waals surface area (Å²) >= 11 is 0. The largest absolute Gasteiger partial charge is 0.336 e. The summed E-state index contributed by atoms with van der Waals surface area (Å²) in [6, 6.07) is 3.90. The van der Waals surface area contributed by atoms with Crippen molar-refractivity contribution in [1.29, 1.82) is 0 Å². The Kier molecular flexibility index (Phi) is 2.98. The van der Waals surface area contributed by atoms with Gasteiger partial charge in [-0.25, -0.2) is 10.4 Å². The Morgan fingerprint density at radius 3 is 2.69 bits per heavy atom. The summed E-state index contributed by atoms with van der Waals surface area (Å²) < 4.78 is 1.93. The van der Waals surface area contributed by atoms with E-state index in [9.17, 15) is 0 Å². The maximum absolute atomic E-state index is 5.58. The molecule has 0 aliphatic heterocycles. The third-order valence-electron chi connectivity index (χ3n) is 2.58. The molecule has 0 bridgehead atoms. The van der Waals surface area contributed by atoms with E-state index in [0.29, 0.717) is 0 Å². The lowest BCUT2D eigenvalue weighted by Gasteiger charge is -2.16. The first-order valence-corrected chi connectivity index (χ1v) is 5.07. The standard InChI is InChI=1S/C11H15N5/c1-8-3-4-9(5-14-8)11(15-12)10-6-13-7-16(10)2/h3-7,11,15H,12H2,1-2H3. The molecule has 2 heterocycles. The SMILES string of the molecule is Cc1ccc(C(NN)c2cncn2C)cn1. The summed E-state index contributed by atoms with van der Waals surface area (Å²) in [6.45, 7) is 1.96. The molecule has 0 fully saturated rings. The zero-order valence-corrected chi connectivity index (χ0v) is 9.38. The maximum atomic E-state index is 5.58. The van der Waals surface area contributed by atoms with Gasteiger partial charge in [-0.3, -0.25) is 10.8 Å². The molecule has 2 rings (SSSR count). The van der Waals surface area contributed by atoms with E-state index in [1.54, 1.807) is 12.5 Å². The summed E-state index contributed by atoms with van der Waals surface area (Å²) in [5.74, 6) is 5.58. The van der Waals surface area contributed by atoms with Crippen molar-refractivity contribution in [3.8, 4) is 0 Å². The van der Waals surface area contributed by atoms with Gasteiger partial charge in [0.1, 0.15) is 0 Å². The Hall–Kier alpha value is -1.72. The van der Waals surface area contributed by atoms with Crippen molar-refractivity contribution in [2.75, 3.05) is 0 Å². The van der Waals surface area contributed by atoms with Gasteiger partial charge in [-0.05, 0) is 18.6 Å². The van der Waals surface area contributed by atoms with Crippen LogP contribution in [0.1, 0.15) is 23.0 Å². The van der Waals surface area contributed by atoms with Crippen LogP contribution in [0.5, 0.6) is 0 Å². The van der Waals surface area contributed by atoms with E-state index < -0.39 is 0 Å². The van der Waals surface area contributed by atoms with Gasteiger partial charge in [-0.15, -0.1) is 0 Å². The lowest BCUT2D eigenvalue weighted by molar-refractivity contribution is 0.595. The quantitative estimate of drug-likeness (QED) is 0.586. The smallest absolute Gasteiger partial charge is 0.0946 e. The molecule has 0 saturated carbocycles. The number of nitrogens with one attached hydrogen (secondary N) is 1. The Morgan fingerprint density at radius 2 is 2.19 bits per heavy atom. The summed E-state index contributed by atoms with van der Waals surface area (Å²) in [5.41, 5.74) is 5.80. The summed E-state index contributed by atoms with van der Waals surface area (Å²) in [5, 5.41) is 0. The van der Waals surface area contributed by atoms with Crippen molar-refractivity contribution in [1.82, 2.24) is 20.0 Å². The lowest BCUT2D eigenvalue weighted by atomic mass is 10.1. The van der Waals surface area contributed by atoms with Crippen molar-refractivity contribution < 1.29 is 0 Å². The maximum Gasteiger partial charge on any atom is 0.0946 e. The van der Waals surface area contributed by atoms with Crippen molar-refractivity contribution in [3.05, 3.63) is 47.8 Å². The first-order valence-electron chi connectivity index (χ1n) is 5.07. The summed E-state index contributed by atoms with van der Waals surface area (Å²) in [4.78, 5) is 8.34. The molecule has 2 aromatic rings. The minimum absolute atomic E-state index is 0.0828. The van der Waals surface area contributed by atoms with Crippen molar-refractivity contribution in [2.24, 2.45) is 12.9 Å². The monoisotopic (exact) mass is 217 g/mol. The van der Waals surface area contributed by atoms with Crippen LogP contribution < -0.4 is 11.3 Å². The molecule has 0 saturated heterocycles. The number of aromatic nitrogens is 3. The molecule has 1 atom stereocenters. The van der Waals surface area contributed by atoms with E-state index in [-0.39, 0.29) is 6.04 Å². The minimum Gasteiger partial charge on any atom is -0.336 e. The van der Waals surface area contributed by atoms with Crippen LogP contribution in [0.4, 0.5) is 0 Å². The molecular formula is C11H15N5. The molecule has 16 heavy (non-hydrogen) atoms. The highest BCUT2D eigenvalue weighted by atomic mass is 15.2. The van der Waals surface area contributed by atoms with Gasteiger partial charge >= 0.3 is 0 Å². The van der Waals surface area contributed by atoms with Gasteiger partial charge in [-0.2, -0.15) is 0 Å². The molecule has 5 heteroatoms. The molecule has 0 spiro atoms. The van der Waals surface area contributed by atoms with Gasteiger partial charge in [0.05, 0.1) is 24.3 Å². The average molecular weight is 217 g/mol. The zero-order chi connectivity index (χ0) is 11.5. The van der Waals surface area contributed by atoms with Crippen LogP contribution in [0.25, 0.3) is 0 Å². The topological polar surface area (TPSA) is 68.8 Å². The number of nitrogens with two attached hydrogens (primary N) is 1. The fourth-order valence-corrected chi connectivity index (χ4v) is 1.65. The lowest BCUT2D eigenvalue weighted by Crippen LogP contribution is -2.30. The molecule has 0 amide bonds. The number of hydrazine groups is 1. The van der Waals surface area contributed by atoms with E-state index in [1.165, 1.54) is 0 Å². The number of hydrogen-bond donors (Lipinski definition) is 2. The third-order valence-corrected chi connectivity index (χ3v) is 2.58. The predicted molar refractivity (Wildman–Crippen MR) is 61.3 cm³/mol. The van der Waals surface area contributed by atoms with E-state index in [4.69, 9.17) is 5.84 Å². The molecule has 3 N–H and O–H groups in total. The first kappa shape index (κ1) is 10.8. The Bertz CT molecular complexity index is 459. The Balaban J connectivity index is 2.37. The highest BCUT2D eigenvalue weighted by Gasteiger charge is 2.15. The van der Waals surface area contributed by atoms with Crippen LogP contribution in [0.3, 0.4) is 0 Å². The minimum atomic E-state index is -0.0828. The van der Waals surface area contributed by atoms with E-state index >= 15 is 0 Å². The number of rotatable bonds is 3. The predicted octanol–water partition coefficient (Wildman–Crippen LogP) is 0.676. The highest BCUT2D eigenvalue weighted by Crippen LogP contribution is 2.19. The van der Waals surface area contributed by atoms with Gasteiger partial charge in [0.2, 0.25) is 0 Å². The molecule has 84 valence electrons. The summed E-state index contributed by atoms with van der Waals surface area (Å²) in [6.07, 6.45) is 5.37. The van der Waals surface area contributed by atoms with Crippen molar-refractivity contribution in [2.45, 2.75) is 13.0 Å².